The molecule has 2 rings (SSSR count). The average molecular weight is 300 g/mol. The van der Waals surface area contributed by atoms with Crippen molar-refractivity contribution in [3.8, 4) is 5.75 Å². The van der Waals surface area contributed by atoms with Crippen LogP contribution in [-0.2, 0) is 9.47 Å². The van der Waals surface area contributed by atoms with Gasteiger partial charge in [0.2, 0.25) is 6.29 Å². The predicted octanol–water partition coefficient (Wildman–Crippen LogP) is 3.14. The van der Waals surface area contributed by atoms with Crippen LogP contribution in [0.5, 0.6) is 5.75 Å². The van der Waals surface area contributed by atoms with Crippen LogP contribution < -0.4 is 0 Å². The van der Waals surface area contributed by atoms with Crippen molar-refractivity contribution in [1.29, 1.82) is 0 Å². The van der Waals surface area contributed by atoms with Crippen LogP contribution >= 0.6 is 0 Å². The summed E-state index contributed by atoms with van der Waals surface area (Å²) in [6.45, 7) is 1.74. The molecule has 0 saturated carbocycles. The van der Waals surface area contributed by atoms with Crippen molar-refractivity contribution in [2.24, 2.45) is 0 Å². The Morgan fingerprint density at radius 1 is 0.909 bits per heavy atom. The van der Waals surface area contributed by atoms with E-state index < -0.39 is 18.2 Å². The molecule has 1 unspecified atom stereocenters. The highest BCUT2D eigenvalue weighted by Crippen LogP contribution is 2.13. The maximum atomic E-state index is 11.9. The second kappa shape index (κ2) is 7.26. The molecule has 0 aromatic heterocycles. The minimum atomic E-state index is -0.964. The first-order valence-electron chi connectivity index (χ1n) is 6.86. The second-order valence-corrected chi connectivity index (χ2v) is 4.56. The molecule has 0 fully saturated rings. The monoisotopic (exact) mass is 300 g/mol. The standard InChI is InChI=1S/C17H16O5/c1-2-15(21-16(19)12-6-4-3-5-7-12)22-17(20)13-8-10-14(18)11-9-13/h3-11,15,18H,2H2,1H3. The van der Waals surface area contributed by atoms with E-state index in [0.29, 0.717) is 12.0 Å². The van der Waals surface area contributed by atoms with Crippen LogP contribution in [0.25, 0.3) is 0 Å². The number of carbonyl (C=O) groups is 2. The van der Waals surface area contributed by atoms with Crippen LogP contribution in [0.15, 0.2) is 54.6 Å². The van der Waals surface area contributed by atoms with Crippen LogP contribution in [0.3, 0.4) is 0 Å². The molecule has 0 aliphatic rings. The van der Waals surface area contributed by atoms with Gasteiger partial charge < -0.3 is 14.6 Å². The maximum Gasteiger partial charge on any atom is 0.341 e. The molecule has 5 nitrogen and oxygen atoms in total. The summed E-state index contributed by atoms with van der Waals surface area (Å²) in [5.74, 6) is -1.11. The van der Waals surface area contributed by atoms with E-state index in [9.17, 15) is 14.7 Å². The molecule has 1 atom stereocenters. The summed E-state index contributed by atoms with van der Waals surface area (Å²) in [6, 6.07) is 14.1. The fourth-order valence-corrected chi connectivity index (χ4v) is 1.74. The molecule has 114 valence electrons. The van der Waals surface area contributed by atoms with Crippen molar-refractivity contribution < 1.29 is 24.2 Å². The minimum absolute atomic E-state index is 0.0547. The van der Waals surface area contributed by atoms with E-state index in [4.69, 9.17) is 9.47 Å². The summed E-state index contributed by atoms with van der Waals surface area (Å²) in [6.07, 6.45) is -0.628. The predicted molar refractivity (Wildman–Crippen MR) is 79.5 cm³/mol. The third-order valence-electron chi connectivity index (χ3n) is 2.92. The van der Waals surface area contributed by atoms with Crippen molar-refractivity contribution in [2.45, 2.75) is 19.6 Å². The van der Waals surface area contributed by atoms with Gasteiger partial charge in [0.15, 0.2) is 0 Å². The molecule has 0 saturated heterocycles. The number of aromatic hydroxyl groups is 1. The topological polar surface area (TPSA) is 72.8 Å². The zero-order valence-corrected chi connectivity index (χ0v) is 12.1. The lowest BCUT2D eigenvalue weighted by molar-refractivity contribution is -0.0806. The van der Waals surface area contributed by atoms with Gasteiger partial charge >= 0.3 is 11.9 Å². The normalized spacial score (nSPS) is 11.5. The number of phenols is 1. The van der Waals surface area contributed by atoms with Crippen molar-refractivity contribution in [2.75, 3.05) is 0 Å². The molecule has 1 N–H and O–H groups in total. The van der Waals surface area contributed by atoms with Gasteiger partial charge in [-0.2, -0.15) is 0 Å². The first kappa shape index (κ1) is 15.6. The van der Waals surface area contributed by atoms with E-state index in [0.717, 1.165) is 0 Å². The van der Waals surface area contributed by atoms with Gasteiger partial charge in [-0.1, -0.05) is 25.1 Å². The number of rotatable bonds is 5. The van der Waals surface area contributed by atoms with Gasteiger partial charge in [-0.05, 0) is 36.4 Å². The Labute approximate surface area is 128 Å². The summed E-state index contributed by atoms with van der Waals surface area (Å²) in [5, 5.41) is 9.19. The zero-order chi connectivity index (χ0) is 15.9. The van der Waals surface area contributed by atoms with Crippen LogP contribution in [0.1, 0.15) is 34.1 Å². The smallest absolute Gasteiger partial charge is 0.341 e. The maximum absolute atomic E-state index is 11.9. The molecular formula is C17H16O5. The lowest BCUT2D eigenvalue weighted by Gasteiger charge is -2.16. The second-order valence-electron chi connectivity index (χ2n) is 4.56. The van der Waals surface area contributed by atoms with Crippen LogP contribution in [0.2, 0.25) is 0 Å². The van der Waals surface area contributed by atoms with E-state index in [1.807, 2.05) is 0 Å². The average Bonchev–Trinajstić information content (AvgIpc) is 2.55. The van der Waals surface area contributed by atoms with Crippen LogP contribution in [-0.4, -0.2) is 23.3 Å². The Hall–Kier alpha value is -2.82. The largest absolute Gasteiger partial charge is 0.508 e. The molecule has 0 spiro atoms. The van der Waals surface area contributed by atoms with Crippen LogP contribution in [0.4, 0.5) is 0 Å². The Balaban J connectivity index is 1.98. The molecule has 0 aliphatic heterocycles. The number of carbonyl (C=O) groups excluding carboxylic acids is 2. The number of ether oxygens (including phenoxy) is 2. The molecule has 0 aliphatic carbocycles. The summed E-state index contributed by atoms with van der Waals surface area (Å²) >= 11 is 0. The Morgan fingerprint density at radius 3 is 1.91 bits per heavy atom. The third-order valence-corrected chi connectivity index (χ3v) is 2.92. The summed E-state index contributed by atoms with van der Waals surface area (Å²) < 4.78 is 10.3. The number of benzene rings is 2. The lowest BCUT2D eigenvalue weighted by Crippen LogP contribution is -2.24. The highest BCUT2D eigenvalue weighted by atomic mass is 16.7. The number of hydrogen-bond acceptors (Lipinski definition) is 5. The Kier molecular flexibility index (Phi) is 5.14. The van der Waals surface area contributed by atoms with Gasteiger partial charge in [0.25, 0.3) is 0 Å². The quantitative estimate of drug-likeness (QED) is 0.678. The van der Waals surface area contributed by atoms with Crippen molar-refractivity contribution >= 4 is 11.9 Å². The Morgan fingerprint density at radius 2 is 1.41 bits per heavy atom. The van der Waals surface area contributed by atoms with E-state index >= 15 is 0 Å². The number of hydrogen-bond donors (Lipinski definition) is 1. The number of phenolic OH excluding ortho intramolecular Hbond substituents is 1. The van der Waals surface area contributed by atoms with Crippen molar-refractivity contribution in [1.82, 2.24) is 0 Å². The lowest BCUT2D eigenvalue weighted by atomic mass is 10.2. The van der Waals surface area contributed by atoms with Crippen LogP contribution in [0, 0.1) is 0 Å². The van der Waals surface area contributed by atoms with E-state index in [1.54, 1.807) is 37.3 Å². The summed E-state index contributed by atoms with van der Waals surface area (Å²) in [4.78, 5) is 23.9. The van der Waals surface area contributed by atoms with Gasteiger partial charge in [0.05, 0.1) is 11.1 Å². The number of esters is 2. The summed E-state index contributed by atoms with van der Waals surface area (Å²) in [5.41, 5.74) is 0.661. The van der Waals surface area contributed by atoms with Crippen molar-refractivity contribution in [3.63, 3.8) is 0 Å². The molecule has 0 radical (unpaired) electrons. The fourth-order valence-electron chi connectivity index (χ4n) is 1.74. The van der Waals surface area contributed by atoms with E-state index in [1.165, 1.54) is 24.3 Å². The van der Waals surface area contributed by atoms with Gasteiger partial charge in [-0.25, -0.2) is 9.59 Å². The molecule has 0 amide bonds. The van der Waals surface area contributed by atoms with E-state index in [-0.39, 0.29) is 11.3 Å². The molecule has 0 bridgehead atoms. The van der Waals surface area contributed by atoms with Gasteiger partial charge in [-0.15, -0.1) is 0 Å². The molecular weight excluding hydrogens is 284 g/mol. The first-order valence-corrected chi connectivity index (χ1v) is 6.86. The minimum Gasteiger partial charge on any atom is -0.508 e. The molecule has 2 aromatic carbocycles. The van der Waals surface area contributed by atoms with Crippen molar-refractivity contribution in [3.05, 3.63) is 65.7 Å². The summed E-state index contributed by atoms with van der Waals surface area (Å²) in [7, 11) is 0. The fraction of sp³-hybridized carbons (Fsp3) is 0.176. The molecule has 2 aromatic rings. The Bertz CT molecular complexity index is 634. The van der Waals surface area contributed by atoms with Gasteiger partial charge in [0.1, 0.15) is 5.75 Å². The SMILES string of the molecule is CCC(OC(=O)c1ccccc1)OC(=O)c1ccc(O)cc1. The molecule has 5 heteroatoms. The van der Waals surface area contributed by atoms with Gasteiger partial charge in [0, 0.05) is 6.42 Å². The molecule has 0 heterocycles. The van der Waals surface area contributed by atoms with Gasteiger partial charge in [-0.3, -0.25) is 0 Å². The molecule has 22 heavy (non-hydrogen) atoms. The zero-order valence-electron chi connectivity index (χ0n) is 12.1. The third kappa shape index (κ3) is 4.09. The highest BCUT2D eigenvalue weighted by molar-refractivity contribution is 5.91. The first-order chi connectivity index (χ1) is 10.6. The highest BCUT2D eigenvalue weighted by Gasteiger charge is 2.19. The van der Waals surface area contributed by atoms with E-state index in [2.05, 4.69) is 0 Å².